The summed E-state index contributed by atoms with van der Waals surface area (Å²) in [5.41, 5.74) is 4.69. The van der Waals surface area contributed by atoms with E-state index in [0.29, 0.717) is 5.92 Å². The molecule has 0 bridgehead atoms. The molecule has 2 aliphatic rings. The Labute approximate surface area is 154 Å². The van der Waals surface area contributed by atoms with E-state index in [-0.39, 0.29) is 18.0 Å². The molecule has 26 heavy (non-hydrogen) atoms. The molecule has 0 unspecified atom stereocenters. The first-order valence-corrected chi connectivity index (χ1v) is 9.34. The van der Waals surface area contributed by atoms with E-state index in [1.165, 1.54) is 16.7 Å². The number of hydrogen-bond acceptors (Lipinski definition) is 1. The van der Waals surface area contributed by atoms with Crippen LogP contribution in [0.2, 0.25) is 0 Å². The van der Waals surface area contributed by atoms with E-state index in [1.807, 2.05) is 18.2 Å². The Kier molecular flexibility index (Phi) is 3.63. The SMILES string of the molecule is O=C1c2ccccc2[C@@H]2C[C@H](c3ccccc3)C[C@@H](c3ccccc3)N12. The van der Waals surface area contributed by atoms with Gasteiger partial charge in [0.15, 0.2) is 0 Å². The van der Waals surface area contributed by atoms with E-state index < -0.39 is 0 Å². The predicted molar refractivity (Wildman–Crippen MR) is 103 cm³/mol. The Morgan fingerprint density at radius 2 is 1.23 bits per heavy atom. The maximum Gasteiger partial charge on any atom is 0.255 e. The van der Waals surface area contributed by atoms with Crippen LogP contribution in [-0.2, 0) is 0 Å². The van der Waals surface area contributed by atoms with Gasteiger partial charge in [-0.05, 0) is 41.5 Å². The number of carbonyl (C=O) groups is 1. The quantitative estimate of drug-likeness (QED) is 0.603. The van der Waals surface area contributed by atoms with Crippen LogP contribution >= 0.6 is 0 Å². The van der Waals surface area contributed by atoms with Gasteiger partial charge >= 0.3 is 0 Å². The van der Waals surface area contributed by atoms with E-state index in [1.54, 1.807) is 0 Å². The molecule has 1 saturated heterocycles. The van der Waals surface area contributed by atoms with Gasteiger partial charge in [-0.15, -0.1) is 0 Å². The van der Waals surface area contributed by atoms with Gasteiger partial charge < -0.3 is 4.90 Å². The lowest BCUT2D eigenvalue weighted by Crippen LogP contribution is -2.38. The van der Waals surface area contributed by atoms with Gasteiger partial charge in [0, 0.05) is 5.56 Å². The second-order valence-electron chi connectivity index (χ2n) is 7.32. The number of nitrogens with zero attached hydrogens (tertiary/aromatic N) is 1. The van der Waals surface area contributed by atoms with Crippen molar-refractivity contribution < 1.29 is 4.79 Å². The van der Waals surface area contributed by atoms with Crippen molar-refractivity contribution in [3.05, 3.63) is 107 Å². The van der Waals surface area contributed by atoms with Gasteiger partial charge in [0.2, 0.25) is 0 Å². The highest BCUT2D eigenvalue weighted by molar-refractivity contribution is 5.99. The number of piperidine rings is 1. The van der Waals surface area contributed by atoms with Gasteiger partial charge in [-0.2, -0.15) is 0 Å². The van der Waals surface area contributed by atoms with Gasteiger partial charge in [0.1, 0.15) is 0 Å². The van der Waals surface area contributed by atoms with Crippen LogP contribution in [0.3, 0.4) is 0 Å². The minimum Gasteiger partial charge on any atom is -0.324 e. The molecule has 0 N–H and O–H groups in total. The van der Waals surface area contributed by atoms with Gasteiger partial charge in [-0.25, -0.2) is 0 Å². The van der Waals surface area contributed by atoms with E-state index in [4.69, 9.17) is 0 Å². The summed E-state index contributed by atoms with van der Waals surface area (Å²) in [5.74, 6) is 0.646. The van der Waals surface area contributed by atoms with Gasteiger partial charge in [0.05, 0.1) is 12.1 Å². The first kappa shape index (κ1) is 15.4. The van der Waals surface area contributed by atoms with Crippen LogP contribution in [0.4, 0.5) is 0 Å². The highest BCUT2D eigenvalue weighted by atomic mass is 16.2. The Balaban J connectivity index is 1.61. The second kappa shape index (κ2) is 6.14. The van der Waals surface area contributed by atoms with E-state index in [2.05, 4.69) is 71.6 Å². The second-order valence-corrected chi connectivity index (χ2v) is 7.32. The molecule has 0 aliphatic carbocycles. The Morgan fingerprint density at radius 1 is 0.654 bits per heavy atom. The van der Waals surface area contributed by atoms with Crippen molar-refractivity contribution in [1.29, 1.82) is 0 Å². The largest absolute Gasteiger partial charge is 0.324 e. The average Bonchev–Trinajstić information content (AvgIpc) is 3.01. The summed E-state index contributed by atoms with van der Waals surface area (Å²) in [6.07, 6.45) is 1.97. The van der Waals surface area contributed by atoms with Crippen molar-refractivity contribution in [3.63, 3.8) is 0 Å². The molecule has 1 fully saturated rings. The molecule has 2 nitrogen and oxygen atoms in total. The Bertz CT molecular complexity index is 935. The lowest BCUT2D eigenvalue weighted by atomic mass is 9.79. The van der Waals surface area contributed by atoms with E-state index in [0.717, 1.165) is 18.4 Å². The molecule has 0 aromatic heterocycles. The number of benzene rings is 3. The first-order chi connectivity index (χ1) is 12.8. The average molecular weight is 339 g/mol. The van der Waals surface area contributed by atoms with Crippen molar-refractivity contribution >= 4 is 5.91 Å². The van der Waals surface area contributed by atoms with Crippen molar-refractivity contribution in [2.75, 3.05) is 0 Å². The summed E-state index contributed by atoms with van der Waals surface area (Å²) in [7, 11) is 0. The maximum absolute atomic E-state index is 13.2. The summed E-state index contributed by atoms with van der Waals surface area (Å²) in [4.78, 5) is 15.3. The molecule has 2 aliphatic heterocycles. The molecule has 3 atom stereocenters. The topological polar surface area (TPSA) is 20.3 Å². The molecule has 1 amide bonds. The van der Waals surface area contributed by atoms with E-state index in [9.17, 15) is 4.79 Å². The molecule has 5 rings (SSSR count). The fraction of sp³-hybridized carbons (Fsp3) is 0.208. The number of rotatable bonds is 2. The van der Waals surface area contributed by atoms with Crippen molar-refractivity contribution in [1.82, 2.24) is 4.90 Å². The Hall–Kier alpha value is -2.87. The summed E-state index contributed by atoms with van der Waals surface area (Å²) >= 11 is 0. The highest BCUT2D eigenvalue weighted by Crippen LogP contribution is 2.52. The zero-order valence-electron chi connectivity index (χ0n) is 14.6. The maximum atomic E-state index is 13.2. The molecule has 0 spiro atoms. The lowest BCUT2D eigenvalue weighted by Gasteiger charge is -2.42. The monoisotopic (exact) mass is 339 g/mol. The summed E-state index contributed by atoms with van der Waals surface area (Å²) in [6, 6.07) is 29.7. The number of hydrogen-bond donors (Lipinski definition) is 0. The summed E-state index contributed by atoms with van der Waals surface area (Å²) < 4.78 is 0. The van der Waals surface area contributed by atoms with Crippen molar-refractivity contribution in [2.24, 2.45) is 0 Å². The lowest BCUT2D eigenvalue weighted by molar-refractivity contribution is 0.0479. The molecule has 128 valence electrons. The number of amides is 1. The van der Waals surface area contributed by atoms with Crippen LogP contribution in [0.15, 0.2) is 84.9 Å². The van der Waals surface area contributed by atoms with Crippen LogP contribution in [0.1, 0.15) is 57.9 Å². The minimum atomic E-state index is 0.125. The molecule has 0 saturated carbocycles. The molecule has 2 heteroatoms. The van der Waals surface area contributed by atoms with Crippen LogP contribution in [-0.4, -0.2) is 10.8 Å². The first-order valence-electron chi connectivity index (χ1n) is 9.34. The van der Waals surface area contributed by atoms with Gasteiger partial charge in [-0.3, -0.25) is 4.79 Å². The molecule has 2 heterocycles. The molecule has 3 aromatic carbocycles. The zero-order valence-corrected chi connectivity index (χ0v) is 14.6. The molecular formula is C24H21NO. The third-order valence-electron chi connectivity index (χ3n) is 5.93. The fourth-order valence-corrected chi connectivity index (χ4v) is 4.73. The molecule has 3 aromatic rings. The van der Waals surface area contributed by atoms with Crippen molar-refractivity contribution in [2.45, 2.75) is 30.8 Å². The molecule has 0 radical (unpaired) electrons. The normalized spacial score (nSPS) is 24.2. The number of fused-ring (bicyclic) bond motifs is 3. The molecular weight excluding hydrogens is 318 g/mol. The summed E-state index contributed by atoms with van der Waals surface area (Å²) in [5, 5.41) is 0. The Morgan fingerprint density at radius 3 is 1.96 bits per heavy atom. The number of carbonyl (C=O) groups excluding carboxylic acids is 1. The van der Waals surface area contributed by atoms with Crippen LogP contribution in [0.25, 0.3) is 0 Å². The van der Waals surface area contributed by atoms with Crippen LogP contribution < -0.4 is 0 Å². The summed E-state index contributed by atoms with van der Waals surface area (Å²) in [6.45, 7) is 0. The highest BCUT2D eigenvalue weighted by Gasteiger charge is 2.46. The minimum absolute atomic E-state index is 0.125. The van der Waals surface area contributed by atoms with Crippen molar-refractivity contribution in [3.8, 4) is 0 Å². The zero-order chi connectivity index (χ0) is 17.5. The fourth-order valence-electron chi connectivity index (χ4n) is 4.73. The van der Waals surface area contributed by atoms with E-state index >= 15 is 0 Å². The van der Waals surface area contributed by atoms with Crippen LogP contribution in [0.5, 0.6) is 0 Å². The third-order valence-corrected chi connectivity index (χ3v) is 5.93. The van der Waals surface area contributed by atoms with Gasteiger partial charge in [-0.1, -0.05) is 78.9 Å². The smallest absolute Gasteiger partial charge is 0.255 e. The predicted octanol–water partition coefficient (Wildman–Crippen LogP) is 5.50. The van der Waals surface area contributed by atoms with Crippen LogP contribution in [0, 0.1) is 0 Å². The van der Waals surface area contributed by atoms with Gasteiger partial charge in [0.25, 0.3) is 5.91 Å². The third kappa shape index (κ3) is 2.37. The standard InChI is InChI=1S/C24H21NO/c26-24-21-14-8-7-13-20(21)23-16-19(17-9-3-1-4-10-17)15-22(25(23)24)18-11-5-2-6-12-18/h1-14,19,22-23H,15-16H2/t19-,22+,23+/m1/s1.